The summed E-state index contributed by atoms with van der Waals surface area (Å²) in [5.74, 6) is 0.249. The predicted octanol–water partition coefficient (Wildman–Crippen LogP) is 5.21. The fourth-order valence-electron chi connectivity index (χ4n) is 7.62. The van der Waals surface area contributed by atoms with Crippen LogP contribution in [0.4, 0.5) is 5.69 Å². The Labute approximate surface area is 325 Å². The van der Waals surface area contributed by atoms with E-state index in [-0.39, 0.29) is 53.7 Å². The van der Waals surface area contributed by atoms with Crippen molar-refractivity contribution >= 4 is 23.4 Å². The Morgan fingerprint density at radius 3 is 2.53 bits per heavy atom. The summed E-state index contributed by atoms with van der Waals surface area (Å²) in [5, 5.41) is 30.3. The largest absolute Gasteiger partial charge is 0.508 e. The second-order valence-electron chi connectivity index (χ2n) is 14.8. The molecule has 3 aromatic rings. The fourth-order valence-corrected chi connectivity index (χ4v) is 7.62. The summed E-state index contributed by atoms with van der Waals surface area (Å²) < 4.78 is 11.4. The summed E-state index contributed by atoms with van der Waals surface area (Å²) in [6, 6.07) is 18.9. The lowest BCUT2D eigenvalue weighted by Crippen LogP contribution is -2.43. The fraction of sp³-hybridized carbons (Fsp3) is 0.512. The van der Waals surface area contributed by atoms with Gasteiger partial charge in [0.05, 0.1) is 13.0 Å². The maximum atomic E-state index is 13.3. The van der Waals surface area contributed by atoms with E-state index in [1.165, 1.54) is 0 Å². The van der Waals surface area contributed by atoms with Gasteiger partial charge in [-0.1, -0.05) is 56.2 Å². The summed E-state index contributed by atoms with van der Waals surface area (Å²) in [5.41, 5.74) is 3.29. The Balaban J connectivity index is 1.04. The molecule has 1 atom stereocenters. The lowest BCUT2D eigenvalue weighted by Gasteiger charge is -2.42. The number of hydrogen-bond donors (Lipinski definition) is 5. The minimum Gasteiger partial charge on any atom is -0.508 e. The number of phenols is 2. The number of fused-ring (bicyclic) bond motifs is 1. The zero-order chi connectivity index (χ0) is 39.2. The van der Waals surface area contributed by atoms with Gasteiger partial charge in [0.15, 0.2) is 12.4 Å². The van der Waals surface area contributed by atoms with E-state index in [0.717, 1.165) is 61.9 Å². The van der Waals surface area contributed by atoms with Crippen molar-refractivity contribution in [2.24, 2.45) is 0 Å². The smallest absolute Gasteiger partial charge is 0.262 e. The van der Waals surface area contributed by atoms with Crippen LogP contribution in [0.1, 0.15) is 85.8 Å². The zero-order valence-corrected chi connectivity index (χ0v) is 32.7. The number of ether oxygens (including phenoxy) is 2. The van der Waals surface area contributed by atoms with Crippen LogP contribution in [0, 0.1) is 0 Å². The molecule has 1 fully saturated rings. The SMILES string of the molecule is CCCC[C@@H](C)N(CCNCCc1ccc(O)c2c1OCC(=O)N2)C(=O)CCOCCCNC(=O)c1ccc(O)c(C2(c3ccccc3)CCN(C)CC2)c1. The Hall–Kier alpha value is -4.65. The number of likely N-dealkylation sites (tertiary alicyclic amines) is 1. The number of nitrogens with zero attached hydrogens (tertiary/aromatic N) is 2. The van der Waals surface area contributed by atoms with Gasteiger partial charge >= 0.3 is 0 Å². The van der Waals surface area contributed by atoms with E-state index in [9.17, 15) is 24.6 Å². The lowest BCUT2D eigenvalue weighted by atomic mass is 9.67. The van der Waals surface area contributed by atoms with Crippen LogP contribution in [0.15, 0.2) is 60.7 Å². The predicted molar refractivity (Wildman–Crippen MR) is 214 cm³/mol. The van der Waals surface area contributed by atoms with Gasteiger partial charge in [-0.2, -0.15) is 0 Å². The molecule has 0 unspecified atom stereocenters. The summed E-state index contributed by atoms with van der Waals surface area (Å²) in [6.07, 6.45) is 6.25. The number of nitrogens with one attached hydrogen (secondary N) is 3. The topological polar surface area (TPSA) is 153 Å². The number of amides is 3. The number of rotatable bonds is 20. The van der Waals surface area contributed by atoms with E-state index in [0.29, 0.717) is 69.2 Å². The Morgan fingerprint density at radius 2 is 1.76 bits per heavy atom. The maximum absolute atomic E-state index is 13.3. The number of unbranched alkanes of at least 4 members (excludes halogenated alkanes) is 1. The van der Waals surface area contributed by atoms with Gasteiger partial charge in [-0.25, -0.2) is 0 Å². The van der Waals surface area contributed by atoms with Gasteiger partial charge in [0.25, 0.3) is 11.8 Å². The highest BCUT2D eigenvalue weighted by molar-refractivity contribution is 5.97. The van der Waals surface area contributed by atoms with Crippen LogP contribution in [0.2, 0.25) is 0 Å². The van der Waals surface area contributed by atoms with Crippen molar-refractivity contribution in [2.45, 2.75) is 76.7 Å². The summed E-state index contributed by atoms with van der Waals surface area (Å²) in [6.45, 7) is 8.93. The van der Waals surface area contributed by atoms with Gasteiger partial charge < -0.3 is 45.4 Å². The number of carbonyl (C=O) groups is 3. The van der Waals surface area contributed by atoms with Crippen molar-refractivity contribution in [1.29, 1.82) is 0 Å². The van der Waals surface area contributed by atoms with Gasteiger partial charge in [0, 0.05) is 48.8 Å². The first-order chi connectivity index (χ1) is 26.6. The van der Waals surface area contributed by atoms with E-state index in [4.69, 9.17) is 9.47 Å². The van der Waals surface area contributed by atoms with E-state index in [1.807, 2.05) is 29.2 Å². The van der Waals surface area contributed by atoms with Gasteiger partial charge in [0.1, 0.15) is 17.2 Å². The molecule has 2 aliphatic heterocycles. The molecular weight excluding hydrogens is 699 g/mol. The first-order valence-electron chi connectivity index (χ1n) is 19.8. The molecule has 2 heterocycles. The summed E-state index contributed by atoms with van der Waals surface area (Å²) in [7, 11) is 2.11. The van der Waals surface area contributed by atoms with Crippen LogP contribution in [0.5, 0.6) is 17.2 Å². The van der Waals surface area contributed by atoms with E-state index < -0.39 is 0 Å². The average Bonchev–Trinajstić information content (AvgIpc) is 3.19. The quantitative estimate of drug-likeness (QED) is 0.0773. The summed E-state index contributed by atoms with van der Waals surface area (Å²) in [4.78, 5) is 42.5. The molecule has 12 heteroatoms. The highest BCUT2D eigenvalue weighted by Crippen LogP contribution is 2.45. The highest BCUT2D eigenvalue weighted by atomic mass is 16.5. The van der Waals surface area contributed by atoms with Crippen molar-refractivity contribution in [2.75, 3.05) is 71.5 Å². The molecule has 2 aliphatic rings. The molecule has 12 nitrogen and oxygen atoms in total. The molecule has 0 radical (unpaired) electrons. The standard InChI is InChI=1S/C43H59N5O7/c1-4-5-10-31(2)48(26-23-44-22-17-32-13-16-37(50)40-41(32)55-30-38(51)46-40)39(52)18-28-54-27-9-21-45-42(53)33-14-15-36(49)35(29-33)43(19-24-47(3)25-20-43)34-11-7-6-8-12-34/h6-8,11-16,29,31,44,49-50H,4-5,9-10,17-28,30H2,1-3H3,(H,45,53)(H,46,51)/t31-/m1/s1. The van der Waals surface area contributed by atoms with Gasteiger partial charge in [-0.3, -0.25) is 14.4 Å². The van der Waals surface area contributed by atoms with Crippen molar-refractivity contribution < 1.29 is 34.1 Å². The third-order valence-electron chi connectivity index (χ3n) is 10.9. The number of carbonyl (C=O) groups excluding carboxylic acids is 3. The normalized spacial score (nSPS) is 15.7. The third-order valence-corrected chi connectivity index (χ3v) is 10.9. The minimum absolute atomic E-state index is 0.0228. The molecule has 5 rings (SSSR count). The first kappa shape index (κ1) is 41.5. The Bertz CT molecular complexity index is 1730. The van der Waals surface area contributed by atoms with E-state index >= 15 is 0 Å². The molecule has 3 amide bonds. The molecule has 0 spiro atoms. The van der Waals surface area contributed by atoms with Crippen molar-refractivity contribution in [3.05, 3.63) is 82.9 Å². The molecule has 5 N–H and O–H groups in total. The number of phenolic OH excluding ortho intramolecular Hbond substituents is 2. The van der Waals surface area contributed by atoms with Gasteiger partial charge in [0.2, 0.25) is 5.91 Å². The first-order valence-corrected chi connectivity index (χ1v) is 19.8. The van der Waals surface area contributed by atoms with Crippen molar-refractivity contribution in [3.8, 4) is 17.2 Å². The molecular formula is C43H59N5O7. The molecule has 55 heavy (non-hydrogen) atoms. The van der Waals surface area contributed by atoms with Crippen molar-refractivity contribution in [1.82, 2.24) is 20.4 Å². The second kappa shape index (κ2) is 20.3. The maximum Gasteiger partial charge on any atom is 0.262 e. The second-order valence-corrected chi connectivity index (χ2v) is 14.8. The monoisotopic (exact) mass is 757 g/mol. The molecule has 1 saturated heterocycles. The van der Waals surface area contributed by atoms with E-state index in [1.54, 1.807) is 24.3 Å². The van der Waals surface area contributed by atoms with Gasteiger partial charge in [-0.05, 0) is 101 Å². The minimum atomic E-state index is -0.369. The number of benzene rings is 3. The molecule has 298 valence electrons. The van der Waals surface area contributed by atoms with Crippen LogP contribution in [0.3, 0.4) is 0 Å². The Kier molecular flexibility index (Phi) is 15.3. The average molecular weight is 758 g/mol. The molecule has 3 aromatic carbocycles. The zero-order valence-electron chi connectivity index (χ0n) is 32.7. The lowest BCUT2D eigenvalue weighted by molar-refractivity contribution is -0.134. The van der Waals surface area contributed by atoms with Gasteiger partial charge in [-0.15, -0.1) is 0 Å². The molecule has 0 saturated carbocycles. The molecule has 0 aromatic heterocycles. The number of aromatic hydroxyl groups is 2. The number of hydrogen-bond acceptors (Lipinski definition) is 9. The van der Waals surface area contributed by atoms with Crippen LogP contribution >= 0.6 is 0 Å². The molecule has 0 bridgehead atoms. The number of anilines is 1. The summed E-state index contributed by atoms with van der Waals surface area (Å²) >= 11 is 0. The van der Waals surface area contributed by atoms with Crippen LogP contribution < -0.4 is 20.7 Å². The van der Waals surface area contributed by atoms with Crippen LogP contribution in [-0.2, 0) is 26.2 Å². The van der Waals surface area contributed by atoms with Crippen LogP contribution in [0.25, 0.3) is 0 Å². The van der Waals surface area contributed by atoms with Crippen LogP contribution in [-0.4, -0.2) is 110 Å². The van der Waals surface area contributed by atoms with Crippen molar-refractivity contribution in [3.63, 3.8) is 0 Å². The number of piperidine rings is 1. The van der Waals surface area contributed by atoms with E-state index in [2.05, 4.69) is 53.9 Å². The third kappa shape index (κ3) is 11.0. The highest BCUT2D eigenvalue weighted by Gasteiger charge is 2.39. The molecule has 0 aliphatic carbocycles. The Morgan fingerprint density at radius 1 is 1.00 bits per heavy atom.